The van der Waals surface area contributed by atoms with Crippen LogP contribution in [0.2, 0.25) is 5.02 Å². The van der Waals surface area contributed by atoms with Gasteiger partial charge in [0.15, 0.2) is 0 Å². The fourth-order valence-electron chi connectivity index (χ4n) is 2.31. The number of rotatable bonds is 1. The van der Waals surface area contributed by atoms with Gasteiger partial charge in [0.05, 0.1) is 21.8 Å². The first kappa shape index (κ1) is 15.0. The molecule has 2 nitrogen and oxygen atoms in total. The van der Waals surface area contributed by atoms with E-state index in [1.54, 1.807) is 6.07 Å². The summed E-state index contributed by atoms with van der Waals surface area (Å²) in [6.45, 7) is 0. The molecule has 0 aliphatic heterocycles. The minimum Gasteiger partial charge on any atom is -0.247 e. The molecule has 1 aliphatic rings. The highest BCUT2D eigenvalue weighted by Crippen LogP contribution is 2.33. The van der Waals surface area contributed by atoms with Crippen LogP contribution in [-0.2, 0) is 0 Å². The van der Waals surface area contributed by atoms with Crippen LogP contribution < -0.4 is 0 Å². The zero-order valence-corrected chi connectivity index (χ0v) is 13.6. The molecule has 0 amide bonds. The van der Waals surface area contributed by atoms with Crippen LogP contribution in [0.15, 0.2) is 47.0 Å². The van der Waals surface area contributed by atoms with E-state index in [0.29, 0.717) is 23.0 Å². The third-order valence-corrected chi connectivity index (χ3v) is 4.28. The number of nitriles is 1. The Morgan fingerprint density at radius 3 is 2.91 bits per heavy atom. The molecule has 1 heterocycles. The molecule has 0 fully saturated rings. The topological polar surface area (TPSA) is 36.7 Å². The van der Waals surface area contributed by atoms with Gasteiger partial charge in [0.1, 0.15) is 11.9 Å². The first-order chi connectivity index (χ1) is 10.6. The second-order valence-electron chi connectivity index (χ2n) is 4.77. The standard InChI is InChI=1S/C17H9BrClFN2/c18-11-3-1-2-10(4-5-11)17-14(9-21)16(19)13-8-12(20)6-7-15(13)22-17/h1,3-8H,2H2. The van der Waals surface area contributed by atoms with Gasteiger partial charge in [-0.25, -0.2) is 9.37 Å². The molecule has 1 aromatic carbocycles. The van der Waals surface area contributed by atoms with Crippen molar-refractivity contribution in [3.05, 3.63) is 69.1 Å². The molecule has 22 heavy (non-hydrogen) atoms. The summed E-state index contributed by atoms with van der Waals surface area (Å²) >= 11 is 9.72. The third kappa shape index (κ3) is 2.70. The van der Waals surface area contributed by atoms with Crippen LogP contribution >= 0.6 is 27.5 Å². The maximum atomic E-state index is 13.4. The van der Waals surface area contributed by atoms with Crippen molar-refractivity contribution in [2.45, 2.75) is 6.42 Å². The lowest BCUT2D eigenvalue weighted by atomic mass is 10.0. The molecule has 1 aromatic heterocycles. The highest BCUT2D eigenvalue weighted by atomic mass is 79.9. The lowest BCUT2D eigenvalue weighted by molar-refractivity contribution is 0.629. The van der Waals surface area contributed by atoms with Crippen LogP contribution in [0.5, 0.6) is 0 Å². The van der Waals surface area contributed by atoms with Crippen molar-refractivity contribution in [3.8, 4) is 6.07 Å². The SMILES string of the molecule is N#Cc1c(C2=CC=C(Br)C=CC2)nc2ccc(F)cc2c1Cl. The van der Waals surface area contributed by atoms with Crippen LogP contribution in [0.4, 0.5) is 4.39 Å². The van der Waals surface area contributed by atoms with E-state index < -0.39 is 5.82 Å². The van der Waals surface area contributed by atoms with Gasteiger partial charge in [0.2, 0.25) is 0 Å². The first-order valence-corrected chi connectivity index (χ1v) is 7.69. The summed E-state index contributed by atoms with van der Waals surface area (Å²) in [5, 5.41) is 10.1. The summed E-state index contributed by atoms with van der Waals surface area (Å²) in [6.07, 6.45) is 8.35. The predicted molar refractivity (Wildman–Crippen MR) is 90.2 cm³/mol. The molecule has 108 valence electrons. The number of nitrogens with zero attached hydrogens (tertiary/aromatic N) is 2. The van der Waals surface area contributed by atoms with E-state index in [0.717, 1.165) is 10.1 Å². The average molecular weight is 376 g/mol. The van der Waals surface area contributed by atoms with Crippen molar-refractivity contribution < 1.29 is 4.39 Å². The second-order valence-corrected chi connectivity index (χ2v) is 6.07. The normalized spacial score (nSPS) is 14.3. The van der Waals surface area contributed by atoms with Gasteiger partial charge in [0, 0.05) is 9.87 Å². The van der Waals surface area contributed by atoms with Crippen molar-refractivity contribution in [1.29, 1.82) is 5.26 Å². The van der Waals surface area contributed by atoms with Gasteiger partial charge in [-0.1, -0.05) is 45.8 Å². The predicted octanol–water partition coefficient (Wildman–Crippen LogP) is 5.52. The molecule has 0 unspecified atom stereocenters. The van der Waals surface area contributed by atoms with Gasteiger partial charge in [-0.15, -0.1) is 0 Å². The van der Waals surface area contributed by atoms with E-state index >= 15 is 0 Å². The van der Waals surface area contributed by atoms with Crippen molar-refractivity contribution in [2.24, 2.45) is 0 Å². The smallest absolute Gasteiger partial charge is 0.124 e. The van der Waals surface area contributed by atoms with Crippen LogP contribution in [0.25, 0.3) is 16.5 Å². The Balaban J connectivity index is 2.29. The molecule has 2 aromatic rings. The van der Waals surface area contributed by atoms with Gasteiger partial charge in [-0.05, 0) is 36.3 Å². The third-order valence-electron chi connectivity index (χ3n) is 3.36. The quantitative estimate of drug-likeness (QED) is 0.658. The van der Waals surface area contributed by atoms with Crippen LogP contribution in [0.1, 0.15) is 17.7 Å². The number of pyridine rings is 1. The number of hydrogen-bond donors (Lipinski definition) is 0. The summed E-state index contributed by atoms with van der Waals surface area (Å²) < 4.78 is 14.3. The van der Waals surface area contributed by atoms with Crippen molar-refractivity contribution in [3.63, 3.8) is 0 Å². The number of aromatic nitrogens is 1. The van der Waals surface area contributed by atoms with Gasteiger partial charge >= 0.3 is 0 Å². The van der Waals surface area contributed by atoms with E-state index in [4.69, 9.17) is 11.6 Å². The van der Waals surface area contributed by atoms with Gasteiger partial charge < -0.3 is 0 Å². The Morgan fingerprint density at radius 2 is 2.14 bits per heavy atom. The minimum atomic E-state index is -0.406. The van der Waals surface area contributed by atoms with E-state index in [-0.39, 0.29) is 10.6 Å². The summed E-state index contributed by atoms with van der Waals surface area (Å²) in [5.74, 6) is -0.406. The second kappa shape index (κ2) is 6.04. The maximum Gasteiger partial charge on any atom is 0.124 e. The Kier molecular flexibility index (Phi) is 4.10. The molecule has 0 saturated heterocycles. The molecule has 0 spiro atoms. The Hall–Kier alpha value is -1.96. The van der Waals surface area contributed by atoms with Gasteiger partial charge in [-0.2, -0.15) is 5.26 Å². The lowest BCUT2D eigenvalue weighted by Crippen LogP contribution is -1.97. The molecular formula is C17H9BrClFN2. The minimum absolute atomic E-state index is 0.235. The van der Waals surface area contributed by atoms with E-state index in [1.807, 2.05) is 24.3 Å². The zero-order chi connectivity index (χ0) is 15.7. The largest absolute Gasteiger partial charge is 0.247 e. The van der Waals surface area contributed by atoms with E-state index in [2.05, 4.69) is 27.0 Å². The van der Waals surface area contributed by atoms with E-state index in [9.17, 15) is 9.65 Å². The molecular weight excluding hydrogens is 367 g/mol. The number of allylic oxidation sites excluding steroid dienone is 6. The summed E-state index contributed by atoms with van der Waals surface area (Å²) in [6, 6.07) is 6.29. The molecule has 1 aliphatic carbocycles. The number of benzene rings is 1. The van der Waals surface area contributed by atoms with Crippen LogP contribution in [0, 0.1) is 17.1 Å². The highest BCUT2D eigenvalue weighted by Gasteiger charge is 2.17. The van der Waals surface area contributed by atoms with Crippen LogP contribution in [0.3, 0.4) is 0 Å². The highest BCUT2D eigenvalue weighted by molar-refractivity contribution is 9.11. The van der Waals surface area contributed by atoms with Crippen molar-refractivity contribution >= 4 is 44.0 Å². The van der Waals surface area contributed by atoms with Crippen molar-refractivity contribution in [1.82, 2.24) is 4.98 Å². The zero-order valence-electron chi connectivity index (χ0n) is 11.3. The fourth-order valence-corrected chi connectivity index (χ4v) is 2.91. The number of halogens is 3. The van der Waals surface area contributed by atoms with E-state index in [1.165, 1.54) is 12.1 Å². The molecule has 3 rings (SSSR count). The number of hydrogen-bond acceptors (Lipinski definition) is 2. The average Bonchev–Trinajstić information content (AvgIpc) is 2.72. The molecule has 0 bridgehead atoms. The summed E-state index contributed by atoms with van der Waals surface area (Å²) in [5.41, 5.74) is 2.26. The van der Waals surface area contributed by atoms with Gasteiger partial charge in [0.25, 0.3) is 0 Å². The summed E-state index contributed by atoms with van der Waals surface area (Å²) in [7, 11) is 0. The molecule has 5 heteroatoms. The number of fused-ring (bicyclic) bond motifs is 1. The Labute approximate surface area is 140 Å². The Morgan fingerprint density at radius 1 is 1.32 bits per heavy atom. The molecule has 0 saturated carbocycles. The van der Waals surface area contributed by atoms with Crippen molar-refractivity contribution in [2.75, 3.05) is 0 Å². The first-order valence-electron chi connectivity index (χ1n) is 6.52. The molecule has 0 N–H and O–H groups in total. The van der Waals surface area contributed by atoms with Crippen LogP contribution in [-0.4, -0.2) is 4.98 Å². The molecule has 0 radical (unpaired) electrons. The fraction of sp³-hybridized carbons (Fsp3) is 0.0588. The molecule has 0 atom stereocenters. The Bertz CT molecular complexity index is 907. The van der Waals surface area contributed by atoms with Gasteiger partial charge in [-0.3, -0.25) is 0 Å². The summed E-state index contributed by atoms with van der Waals surface area (Å²) in [4.78, 5) is 4.52. The monoisotopic (exact) mass is 374 g/mol. The lowest BCUT2D eigenvalue weighted by Gasteiger charge is -2.10. The maximum absolute atomic E-state index is 13.4.